The Labute approximate surface area is 329 Å². The van der Waals surface area contributed by atoms with Crippen LogP contribution >= 0.6 is 0 Å². The SMILES string of the molecule is N#Cc1ccc(-c2ccc(-c3nc(-c4ccccc4)nc(-c4ccccc4Oc4ccc(-c5nc(-c6ccccc6)nc(-c6ccccc6)n5)cc4)n3)cc2)cc1. The molecule has 8 heteroatoms. The smallest absolute Gasteiger partial charge is 0.167 e. The van der Waals surface area contributed by atoms with E-state index >= 15 is 0 Å². The van der Waals surface area contributed by atoms with E-state index in [1.165, 1.54) is 0 Å². The van der Waals surface area contributed by atoms with Gasteiger partial charge >= 0.3 is 0 Å². The van der Waals surface area contributed by atoms with Crippen LogP contribution in [0.15, 0.2) is 188 Å². The second kappa shape index (κ2) is 15.7. The molecule has 0 bridgehead atoms. The van der Waals surface area contributed by atoms with Crippen LogP contribution < -0.4 is 4.74 Å². The number of nitrogens with zero attached hydrogens (tertiary/aromatic N) is 7. The van der Waals surface area contributed by atoms with Gasteiger partial charge in [-0.15, -0.1) is 0 Å². The topological polar surface area (TPSA) is 110 Å². The van der Waals surface area contributed by atoms with E-state index in [1.807, 2.05) is 188 Å². The molecule has 0 fully saturated rings. The molecule has 2 aromatic heterocycles. The molecule has 9 rings (SSSR count). The van der Waals surface area contributed by atoms with Crippen molar-refractivity contribution in [3.8, 4) is 97.0 Å². The van der Waals surface area contributed by atoms with Crippen molar-refractivity contribution in [2.45, 2.75) is 0 Å². The van der Waals surface area contributed by atoms with Gasteiger partial charge in [-0.1, -0.05) is 140 Å². The Morgan fingerprint density at radius 2 is 0.649 bits per heavy atom. The molecule has 268 valence electrons. The monoisotopic (exact) mass is 733 g/mol. The predicted molar refractivity (Wildman–Crippen MR) is 222 cm³/mol. The lowest BCUT2D eigenvalue weighted by molar-refractivity contribution is 0.484. The minimum Gasteiger partial charge on any atom is -0.457 e. The fraction of sp³-hybridized carbons (Fsp3) is 0. The first-order chi connectivity index (χ1) is 28.2. The van der Waals surface area contributed by atoms with Gasteiger partial charge in [-0.2, -0.15) is 5.26 Å². The van der Waals surface area contributed by atoms with Crippen LogP contribution in [0.4, 0.5) is 0 Å². The number of rotatable bonds is 9. The number of benzene rings is 7. The van der Waals surface area contributed by atoms with Gasteiger partial charge in [-0.25, -0.2) is 29.9 Å². The van der Waals surface area contributed by atoms with Gasteiger partial charge < -0.3 is 4.74 Å². The minimum absolute atomic E-state index is 0.481. The minimum atomic E-state index is 0.481. The van der Waals surface area contributed by atoms with Gasteiger partial charge in [0.15, 0.2) is 34.9 Å². The summed E-state index contributed by atoms with van der Waals surface area (Å²) in [6.45, 7) is 0. The summed E-state index contributed by atoms with van der Waals surface area (Å²) in [6.07, 6.45) is 0. The summed E-state index contributed by atoms with van der Waals surface area (Å²) in [5.74, 6) is 4.54. The summed E-state index contributed by atoms with van der Waals surface area (Å²) in [5, 5.41) is 9.20. The van der Waals surface area contributed by atoms with Gasteiger partial charge in [0, 0.05) is 27.8 Å². The second-order valence-electron chi connectivity index (χ2n) is 13.1. The summed E-state index contributed by atoms with van der Waals surface area (Å²) in [6, 6.07) is 62.9. The van der Waals surface area contributed by atoms with E-state index in [9.17, 15) is 5.26 Å². The van der Waals surface area contributed by atoms with Crippen LogP contribution in [-0.2, 0) is 0 Å². The van der Waals surface area contributed by atoms with Gasteiger partial charge in [-0.3, -0.25) is 0 Å². The fourth-order valence-electron chi connectivity index (χ4n) is 6.37. The Morgan fingerprint density at radius 3 is 1.09 bits per heavy atom. The van der Waals surface area contributed by atoms with E-state index in [0.717, 1.165) is 38.9 Å². The van der Waals surface area contributed by atoms with Crippen LogP contribution in [0.1, 0.15) is 5.56 Å². The average Bonchev–Trinajstić information content (AvgIpc) is 3.30. The molecule has 0 aliphatic carbocycles. The van der Waals surface area contributed by atoms with E-state index in [2.05, 4.69) is 6.07 Å². The molecule has 2 heterocycles. The highest BCUT2D eigenvalue weighted by Crippen LogP contribution is 2.35. The van der Waals surface area contributed by atoms with E-state index in [0.29, 0.717) is 57.6 Å². The standard InChI is InChI=1S/C49H31N7O/c50-32-33-20-22-34(23-21-33)35-24-26-39(27-25-35)48-54-46(38-16-8-3-9-17-38)55-49(56-48)42-18-10-11-19-43(42)57-41-30-28-40(29-31-41)47-52-44(36-12-4-1-5-13-36)51-45(53-47)37-14-6-2-7-15-37/h1-31H. The summed E-state index contributed by atoms with van der Waals surface area (Å²) in [7, 11) is 0. The third-order valence-corrected chi connectivity index (χ3v) is 9.33. The van der Waals surface area contributed by atoms with Crippen LogP contribution in [-0.4, -0.2) is 29.9 Å². The van der Waals surface area contributed by atoms with E-state index in [1.54, 1.807) is 0 Å². The van der Waals surface area contributed by atoms with Crippen LogP contribution in [0.25, 0.3) is 79.5 Å². The van der Waals surface area contributed by atoms with Gasteiger partial charge in [-0.05, 0) is 59.7 Å². The molecule has 0 atom stereocenters. The number of para-hydroxylation sites is 1. The Morgan fingerprint density at radius 1 is 0.316 bits per heavy atom. The molecule has 57 heavy (non-hydrogen) atoms. The Hall–Kier alpha value is -8.15. The number of aromatic nitrogens is 6. The lowest BCUT2D eigenvalue weighted by Gasteiger charge is -2.13. The molecular formula is C49H31N7O. The highest BCUT2D eigenvalue weighted by molar-refractivity contribution is 5.73. The highest BCUT2D eigenvalue weighted by atomic mass is 16.5. The first-order valence-corrected chi connectivity index (χ1v) is 18.3. The van der Waals surface area contributed by atoms with Gasteiger partial charge in [0.1, 0.15) is 11.5 Å². The van der Waals surface area contributed by atoms with E-state index in [4.69, 9.17) is 34.6 Å². The maximum absolute atomic E-state index is 9.20. The van der Waals surface area contributed by atoms with Crippen molar-refractivity contribution in [3.05, 3.63) is 194 Å². The molecule has 0 saturated heterocycles. The second-order valence-corrected chi connectivity index (χ2v) is 13.1. The summed E-state index contributed by atoms with van der Waals surface area (Å²) in [4.78, 5) is 29.4. The van der Waals surface area contributed by atoms with Gasteiger partial charge in [0.25, 0.3) is 0 Å². The molecule has 0 spiro atoms. The number of nitriles is 1. The van der Waals surface area contributed by atoms with Crippen LogP contribution in [0, 0.1) is 11.3 Å². The van der Waals surface area contributed by atoms with Crippen molar-refractivity contribution in [2.24, 2.45) is 0 Å². The van der Waals surface area contributed by atoms with Crippen molar-refractivity contribution in [1.82, 2.24) is 29.9 Å². The van der Waals surface area contributed by atoms with Crippen molar-refractivity contribution in [1.29, 1.82) is 5.26 Å². The molecule has 0 radical (unpaired) electrons. The molecule has 0 aliphatic heterocycles. The Balaban J connectivity index is 1.04. The highest BCUT2D eigenvalue weighted by Gasteiger charge is 2.17. The molecule has 0 saturated carbocycles. The first kappa shape index (κ1) is 34.6. The molecular weight excluding hydrogens is 703 g/mol. The Bertz CT molecular complexity index is 2790. The molecule has 0 aliphatic rings. The molecule has 9 aromatic rings. The van der Waals surface area contributed by atoms with Crippen LogP contribution in [0.5, 0.6) is 11.5 Å². The van der Waals surface area contributed by atoms with Crippen molar-refractivity contribution < 1.29 is 4.74 Å². The Kier molecular flexibility index (Phi) is 9.52. The molecule has 0 amide bonds. The maximum Gasteiger partial charge on any atom is 0.167 e. The first-order valence-electron chi connectivity index (χ1n) is 18.3. The van der Waals surface area contributed by atoms with Crippen molar-refractivity contribution in [3.63, 3.8) is 0 Å². The molecule has 0 unspecified atom stereocenters. The third-order valence-electron chi connectivity index (χ3n) is 9.33. The van der Waals surface area contributed by atoms with Crippen molar-refractivity contribution in [2.75, 3.05) is 0 Å². The predicted octanol–water partition coefficient (Wildman–Crippen LogP) is 11.4. The lowest BCUT2D eigenvalue weighted by Crippen LogP contribution is -2.01. The largest absolute Gasteiger partial charge is 0.457 e. The van der Waals surface area contributed by atoms with E-state index in [-0.39, 0.29) is 0 Å². The summed E-state index contributed by atoms with van der Waals surface area (Å²) in [5.41, 5.74) is 7.73. The zero-order valence-electron chi connectivity index (χ0n) is 30.4. The summed E-state index contributed by atoms with van der Waals surface area (Å²) < 4.78 is 6.54. The van der Waals surface area contributed by atoms with Gasteiger partial charge in [0.05, 0.1) is 17.2 Å². The maximum atomic E-state index is 9.20. The number of ether oxygens (including phenoxy) is 1. The van der Waals surface area contributed by atoms with Gasteiger partial charge in [0.2, 0.25) is 0 Å². The zero-order chi connectivity index (χ0) is 38.4. The van der Waals surface area contributed by atoms with Crippen LogP contribution in [0.3, 0.4) is 0 Å². The molecule has 8 nitrogen and oxygen atoms in total. The zero-order valence-corrected chi connectivity index (χ0v) is 30.4. The van der Waals surface area contributed by atoms with Crippen molar-refractivity contribution >= 4 is 0 Å². The average molecular weight is 734 g/mol. The number of hydrogen-bond donors (Lipinski definition) is 0. The fourth-order valence-corrected chi connectivity index (χ4v) is 6.37. The molecule has 7 aromatic carbocycles. The molecule has 0 N–H and O–H groups in total. The number of hydrogen-bond acceptors (Lipinski definition) is 8. The summed E-state index contributed by atoms with van der Waals surface area (Å²) >= 11 is 0. The van der Waals surface area contributed by atoms with E-state index < -0.39 is 0 Å². The van der Waals surface area contributed by atoms with Crippen LogP contribution in [0.2, 0.25) is 0 Å². The quantitative estimate of drug-likeness (QED) is 0.144. The normalized spacial score (nSPS) is 10.8. The third kappa shape index (κ3) is 7.63. The lowest BCUT2D eigenvalue weighted by atomic mass is 10.0.